The van der Waals surface area contributed by atoms with Gasteiger partial charge in [0.2, 0.25) is 5.82 Å². The number of nitrogens with zero attached hydrogens (tertiary/aromatic N) is 3. The van der Waals surface area contributed by atoms with Gasteiger partial charge in [-0.15, -0.1) is 0 Å². The second kappa shape index (κ2) is 11.6. The number of fused-ring (bicyclic) bond motifs is 2. The third kappa shape index (κ3) is 5.69. The third-order valence-electron chi connectivity index (χ3n) is 5.67. The van der Waals surface area contributed by atoms with E-state index in [1.807, 2.05) is 37.3 Å². The molecular weight excluding hydrogens is 681 g/mol. The van der Waals surface area contributed by atoms with E-state index >= 15 is 0 Å². The molecule has 0 spiro atoms. The van der Waals surface area contributed by atoms with Gasteiger partial charge in [-0.3, -0.25) is 4.79 Å². The first kappa shape index (κ1) is 26.9. The molecule has 0 atom stereocenters. The van der Waals surface area contributed by atoms with Crippen LogP contribution in [0.5, 0.6) is 11.5 Å². The van der Waals surface area contributed by atoms with Crippen LogP contribution in [0.2, 0.25) is 0 Å². The van der Waals surface area contributed by atoms with Gasteiger partial charge in [-0.05, 0) is 83.6 Å². The van der Waals surface area contributed by atoms with Crippen molar-refractivity contribution >= 4 is 72.6 Å². The van der Waals surface area contributed by atoms with Crippen molar-refractivity contribution in [3.8, 4) is 23.1 Å². The predicted molar refractivity (Wildman–Crippen MR) is 160 cm³/mol. The summed E-state index contributed by atoms with van der Waals surface area (Å²) in [6.45, 7) is 1.97. The molecule has 2 aromatic heterocycles. The van der Waals surface area contributed by atoms with Crippen molar-refractivity contribution in [2.24, 2.45) is 5.10 Å². The van der Waals surface area contributed by atoms with Gasteiger partial charge in [-0.2, -0.15) is 9.78 Å². The van der Waals surface area contributed by atoms with Crippen molar-refractivity contribution in [3.63, 3.8) is 0 Å². The molecule has 0 aliphatic rings. The highest BCUT2D eigenvalue weighted by molar-refractivity contribution is 14.1. The van der Waals surface area contributed by atoms with E-state index in [9.17, 15) is 9.59 Å². The molecule has 11 heteroatoms. The molecule has 9 nitrogen and oxygen atoms in total. The summed E-state index contributed by atoms with van der Waals surface area (Å²) in [5.74, 6) is 1.01. The van der Waals surface area contributed by atoms with E-state index in [1.54, 1.807) is 30.3 Å². The highest BCUT2D eigenvalue weighted by Gasteiger charge is 2.18. The molecular formula is C28H21BrIN3O6. The molecule has 2 heterocycles. The minimum Gasteiger partial charge on any atom is -0.490 e. The van der Waals surface area contributed by atoms with Gasteiger partial charge in [-0.1, -0.05) is 28.1 Å². The third-order valence-corrected chi connectivity index (χ3v) is 6.96. The second-order valence-corrected chi connectivity index (χ2v) is 10.3. The van der Waals surface area contributed by atoms with E-state index < -0.39 is 5.97 Å². The van der Waals surface area contributed by atoms with Crippen LogP contribution in [-0.2, 0) is 9.53 Å². The first-order valence-electron chi connectivity index (χ1n) is 11.8. The van der Waals surface area contributed by atoms with Gasteiger partial charge >= 0.3 is 5.97 Å². The Bertz CT molecular complexity index is 1800. The number of hydrogen-bond donors (Lipinski definition) is 0. The summed E-state index contributed by atoms with van der Waals surface area (Å²) < 4.78 is 24.9. The molecule has 0 N–H and O–H groups in total. The van der Waals surface area contributed by atoms with Crippen LogP contribution >= 0.6 is 38.5 Å². The van der Waals surface area contributed by atoms with Crippen molar-refractivity contribution in [1.29, 1.82) is 0 Å². The van der Waals surface area contributed by atoms with Crippen LogP contribution in [0.25, 0.3) is 33.5 Å². The highest BCUT2D eigenvalue weighted by atomic mass is 127. The molecule has 0 saturated heterocycles. The fraction of sp³-hybridized carbons (Fsp3) is 0.143. The number of aromatic nitrogens is 2. The number of para-hydroxylation sites is 1. The first-order valence-corrected chi connectivity index (χ1v) is 13.7. The number of ether oxygens (including phenoxy) is 3. The normalized spacial score (nSPS) is 11.4. The fourth-order valence-electron chi connectivity index (χ4n) is 3.89. The Morgan fingerprint density at radius 1 is 1.15 bits per heavy atom. The summed E-state index contributed by atoms with van der Waals surface area (Å²) in [7, 11) is 1.29. The number of rotatable bonds is 8. The summed E-state index contributed by atoms with van der Waals surface area (Å²) >= 11 is 5.57. The molecule has 0 radical (unpaired) electrons. The van der Waals surface area contributed by atoms with Crippen molar-refractivity contribution in [2.75, 3.05) is 20.3 Å². The van der Waals surface area contributed by atoms with E-state index in [2.05, 4.69) is 48.4 Å². The number of carbonyl (C=O) groups is 1. The number of halogens is 2. The molecule has 198 valence electrons. The SMILES string of the molecule is CCOc1cc(C=Nn2c(-c3cc4cc(Br)ccc4o3)nc3ccccc3c2=O)cc(I)c1OCC(=O)OC. The lowest BCUT2D eigenvalue weighted by molar-refractivity contribution is -0.142. The molecule has 0 fully saturated rings. The Labute approximate surface area is 244 Å². The van der Waals surface area contributed by atoms with Crippen molar-refractivity contribution < 1.29 is 23.4 Å². The van der Waals surface area contributed by atoms with Crippen LogP contribution in [0.4, 0.5) is 0 Å². The van der Waals surface area contributed by atoms with Crippen LogP contribution in [0.1, 0.15) is 12.5 Å². The maximum Gasteiger partial charge on any atom is 0.343 e. The number of benzene rings is 3. The van der Waals surface area contributed by atoms with Gasteiger partial charge in [0.1, 0.15) is 5.58 Å². The zero-order valence-corrected chi connectivity index (χ0v) is 24.6. The average molecular weight is 702 g/mol. The lowest BCUT2D eigenvalue weighted by Gasteiger charge is -2.14. The van der Waals surface area contributed by atoms with E-state index in [0.29, 0.717) is 49.5 Å². The van der Waals surface area contributed by atoms with Crippen molar-refractivity contribution in [1.82, 2.24) is 9.66 Å². The topological polar surface area (TPSA) is 105 Å². The Balaban J connectivity index is 1.61. The number of carbonyl (C=O) groups excluding carboxylic acids is 1. The zero-order chi connectivity index (χ0) is 27.5. The molecule has 5 rings (SSSR count). The van der Waals surface area contributed by atoms with Gasteiger partial charge in [0.05, 0.1) is 34.4 Å². The summed E-state index contributed by atoms with van der Waals surface area (Å²) in [6.07, 6.45) is 1.54. The molecule has 39 heavy (non-hydrogen) atoms. The average Bonchev–Trinajstić information content (AvgIpc) is 3.35. The van der Waals surface area contributed by atoms with Crippen LogP contribution in [0.15, 0.2) is 79.4 Å². The lowest BCUT2D eigenvalue weighted by Crippen LogP contribution is -2.20. The van der Waals surface area contributed by atoms with Gasteiger partial charge in [0.15, 0.2) is 23.9 Å². The minimum atomic E-state index is -0.507. The Morgan fingerprint density at radius 2 is 1.97 bits per heavy atom. The second-order valence-electron chi connectivity index (χ2n) is 8.23. The maximum absolute atomic E-state index is 13.6. The van der Waals surface area contributed by atoms with Crippen LogP contribution in [0.3, 0.4) is 0 Å². The molecule has 0 saturated carbocycles. The Kier molecular flexibility index (Phi) is 7.98. The van der Waals surface area contributed by atoms with Gasteiger partial charge in [0, 0.05) is 9.86 Å². The minimum absolute atomic E-state index is 0.254. The fourth-order valence-corrected chi connectivity index (χ4v) is 5.05. The number of hydrogen-bond acceptors (Lipinski definition) is 8. The van der Waals surface area contributed by atoms with Crippen molar-refractivity contribution in [2.45, 2.75) is 6.92 Å². The zero-order valence-electron chi connectivity index (χ0n) is 20.8. The van der Waals surface area contributed by atoms with Crippen LogP contribution < -0.4 is 15.0 Å². The molecule has 0 aliphatic carbocycles. The predicted octanol–water partition coefficient (Wildman–Crippen LogP) is 6.01. The molecule has 5 aromatic rings. The molecule has 0 bridgehead atoms. The smallest absolute Gasteiger partial charge is 0.343 e. The largest absolute Gasteiger partial charge is 0.490 e. The van der Waals surface area contributed by atoms with Crippen molar-refractivity contribution in [3.05, 3.63) is 84.6 Å². The van der Waals surface area contributed by atoms with Gasteiger partial charge in [-0.25, -0.2) is 9.78 Å². The molecule has 0 amide bonds. The monoisotopic (exact) mass is 701 g/mol. The van der Waals surface area contributed by atoms with Gasteiger partial charge < -0.3 is 18.6 Å². The van der Waals surface area contributed by atoms with E-state index in [-0.39, 0.29) is 18.0 Å². The number of esters is 1. The Hall–Kier alpha value is -3.71. The maximum atomic E-state index is 13.6. The van der Waals surface area contributed by atoms with E-state index in [4.69, 9.17) is 18.9 Å². The Morgan fingerprint density at radius 3 is 2.77 bits per heavy atom. The van der Waals surface area contributed by atoms with E-state index in [1.165, 1.54) is 18.0 Å². The highest BCUT2D eigenvalue weighted by Crippen LogP contribution is 2.34. The van der Waals surface area contributed by atoms with Crippen LogP contribution in [0, 0.1) is 3.57 Å². The quantitative estimate of drug-likeness (QED) is 0.111. The van der Waals surface area contributed by atoms with E-state index in [0.717, 1.165) is 9.86 Å². The molecule has 0 aliphatic heterocycles. The first-order chi connectivity index (χ1) is 18.9. The summed E-state index contributed by atoms with van der Waals surface area (Å²) in [5, 5.41) is 5.80. The number of furan rings is 1. The van der Waals surface area contributed by atoms with Crippen LogP contribution in [-0.4, -0.2) is 42.2 Å². The standard InChI is InChI=1S/C28H21BrIN3O6/c1-3-37-23-11-16(10-20(30)26(23)38-15-25(34)36-2)14-31-33-27(32-21-7-5-4-6-19(21)28(33)35)24-13-17-12-18(29)8-9-22(17)39-24/h4-14H,3,15H2,1-2H3. The number of methoxy groups -OCH3 is 1. The van der Waals surface area contributed by atoms with Gasteiger partial charge in [0.25, 0.3) is 5.56 Å². The lowest BCUT2D eigenvalue weighted by atomic mass is 10.2. The molecule has 3 aromatic carbocycles. The summed E-state index contributed by atoms with van der Waals surface area (Å²) in [6, 6.07) is 18.1. The molecule has 0 unspecified atom stereocenters. The summed E-state index contributed by atoms with van der Waals surface area (Å²) in [4.78, 5) is 29.8. The summed E-state index contributed by atoms with van der Waals surface area (Å²) in [5.41, 5.74) is 1.49.